The minimum absolute atomic E-state index is 0.0295. The Morgan fingerprint density at radius 3 is 2.61 bits per heavy atom. The van der Waals surface area contributed by atoms with Crippen LogP contribution in [0.2, 0.25) is 10.0 Å². The summed E-state index contributed by atoms with van der Waals surface area (Å²) in [5, 5.41) is 34.9. The van der Waals surface area contributed by atoms with Crippen LogP contribution in [0.4, 0.5) is 0 Å². The Morgan fingerprint density at radius 1 is 1.14 bits per heavy atom. The standard InChI is InChI=1S/C33H38Cl2N2O7/c1-43-27-11-18(16-39)10-23-29-24(33(42)36-6-7-38)14-26(30(41)32(29)44-31(23)27)37(15-20-4-5-22(34)13-25(20)35)28(40)12-21-9-17-2-3-19(21)8-17/h4-5,10-11,13-14,17,19,21,26,29-30,32,38-39,41H,2-3,6-9,12,15-16H2,1H3,(H,36,42). The van der Waals surface area contributed by atoms with E-state index in [0.29, 0.717) is 62.1 Å². The zero-order chi connectivity index (χ0) is 31.1. The van der Waals surface area contributed by atoms with Gasteiger partial charge in [0.15, 0.2) is 11.5 Å². The number of halogens is 2. The molecule has 0 saturated heterocycles. The summed E-state index contributed by atoms with van der Waals surface area (Å²) in [5.41, 5.74) is 2.13. The van der Waals surface area contributed by atoms with Crippen LogP contribution >= 0.6 is 23.2 Å². The third-order valence-corrected chi connectivity index (χ3v) is 10.4. The Hall–Kier alpha value is -2.82. The first-order valence-corrected chi connectivity index (χ1v) is 16.0. The van der Waals surface area contributed by atoms with Crippen molar-refractivity contribution < 1.29 is 34.4 Å². The summed E-state index contributed by atoms with van der Waals surface area (Å²) in [6.07, 6.45) is 4.42. The molecule has 7 atom stereocenters. The second kappa shape index (κ2) is 12.9. The minimum atomic E-state index is -1.21. The Morgan fingerprint density at radius 2 is 1.95 bits per heavy atom. The van der Waals surface area contributed by atoms with Crippen molar-refractivity contribution in [2.24, 2.45) is 17.8 Å². The van der Waals surface area contributed by atoms with E-state index in [1.54, 1.807) is 41.3 Å². The van der Waals surface area contributed by atoms with Gasteiger partial charge in [-0.2, -0.15) is 0 Å². The second-order valence-corrected chi connectivity index (χ2v) is 13.3. The van der Waals surface area contributed by atoms with Gasteiger partial charge in [0.2, 0.25) is 11.8 Å². The molecule has 2 fully saturated rings. The van der Waals surface area contributed by atoms with Crippen molar-refractivity contribution in [2.75, 3.05) is 20.3 Å². The van der Waals surface area contributed by atoms with Crippen molar-refractivity contribution >= 4 is 35.0 Å². The van der Waals surface area contributed by atoms with Crippen LogP contribution in [-0.4, -0.2) is 70.5 Å². The molecule has 1 aliphatic heterocycles. The van der Waals surface area contributed by atoms with Gasteiger partial charge < -0.3 is 35.0 Å². The van der Waals surface area contributed by atoms with Crippen LogP contribution in [0.15, 0.2) is 42.0 Å². The Balaban J connectivity index is 1.41. The van der Waals surface area contributed by atoms with Gasteiger partial charge in [0.25, 0.3) is 0 Å². The van der Waals surface area contributed by atoms with Crippen LogP contribution in [0, 0.1) is 17.8 Å². The molecule has 4 aliphatic rings. The first-order valence-electron chi connectivity index (χ1n) is 15.2. The van der Waals surface area contributed by atoms with Crippen LogP contribution < -0.4 is 14.8 Å². The van der Waals surface area contributed by atoms with Gasteiger partial charge in [0.1, 0.15) is 12.2 Å². The van der Waals surface area contributed by atoms with Gasteiger partial charge >= 0.3 is 0 Å². The lowest BCUT2D eigenvalue weighted by Crippen LogP contribution is -2.55. The summed E-state index contributed by atoms with van der Waals surface area (Å²) in [6, 6.07) is 7.58. The maximum absolute atomic E-state index is 14.2. The first-order chi connectivity index (χ1) is 21.2. The van der Waals surface area contributed by atoms with Crippen molar-refractivity contribution in [3.05, 3.63) is 68.7 Å². The number of hydrogen-bond acceptors (Lipinski definition) is 7. The SMILES string of the molecule is COc1cc(CO)cc2c1OC1C2C(C(=O)NCCO)=CC(N(Cc2ccc(Cl)cc2Cl)C(=O)CC2CC3CCC2C3)C1O. The molecule has 11 heteroatoms. The molecule has 2 amide bonds. The summed E-state index contributed by atoms with van der Waals surface area (Å²) in [5.74, 6) is 0.960. The van der Waals surface area contributed by atoms with Crippen LogP contribution in [0.3, 0.4) is 0 Å². The number of aliphatic hydroxyl groups excluding tert-OH is 3. The van der Waals surface area contributed by atoms with Gasteiger partial charge in [0.05, 0.1) is 32.3 Å². The Kier molecular flexibility index (Phi) is 9.13. The van der Waals surface area contributed by atoms with E-state index in [4.69, 9.17) is 32.7 Å². The monoisotopic (exact) mass is 644 g/mol. The average molecular weight is 646 g/mol. The molecular formula is C33H38Cl2N2O7. The smallest absolute Gasteiger partial charge is 0.247 e. The molecule has 6 rings (SSSR count). The summed E-state index contributed by atoms with van der Waals surface area (Å²) in [7, 11) is 1.48. The van der Waals surface area contributed by atoms with E-state index >= 15 is 0 Å². The fourth-order valence-corrected chi connectivity index (χ4v) is 8.25. The summed E-state index contributed by atoms with van der Waals surface area (Å²) >= 11 is 12.7. The molecule has 2 bridgehead atoms. The largest absolute Gasteiger partial charge is 0.493 e. The molecule has 7 unspecified atom stereocenters. The molecule has 2 aromatic carbocycles. The van der Waals surface area contributed by atoms with Crippen LogP contribution in [0.5, 0.6) is 11.5 Å². The van der Waals surface area contributed by atoms with Gasteiger partial charge in [-0.1, -0.05) is 35.7 Å². The third kappa shape index (κ3) is 5.81. The van der Waals surface area contributed by atoms with Gasteiger partial charge in [-0.15, -0.1) is 0 Å². The van der Waals surface area contributed by atoms with Crippen molar-refractivity contribution in [3.8, 4) is 11.5 Å². The number of ether oxygens (including phenoxy) is 2. The van der Waals surface area contributed by atoms with E-state index in [1.807, 2.05) is 0 Å². The Labute approximate surface area is 266 Å². The van der Waals surface area contributed by atoms with Crippen LogP contribution in [0.1, 0.15) is 54.7 Å². The van der Waals surface area contributed by atoms with E-state index in [-0.39, 0.29) is 38.1 Å². The fraction of sp³-hybridized carbons (Fsp3) is 0.515. The summed E-state index contributed by atoms with van der Waals surface area (Å²) in [4.78, 5) is 29.5. The molecule has 0 aromatic heterocycles. The van der Waals surface area contributed by atoms with Gasteiger partial charge in [-0.05, 0) is 78.5 Å². The van der Waals surface area contributed by atoms with Crippen LogP contribution in [-0.2, 0) is 22.7 Å². The molecule has 3 aliphatic carbocycles. The molecule has 0 spiro atoms. The summed E-state index contributed by atoms with van der Waals surface area (Å²) in [6.45, 7) is -0.378. The third-order valence-electron chi connectivity index (χ3n) is 9.85. The predicted molar refractivity (Wildman–Crippen MR) is 165 cm³/mol. The van der Waals surface area contributed by atoms with Crippen molar-refractivity contribution in [1.82, 2.24) is 10.2 Å². The highest BCUT2D eigenvalue weighted by molar-refractivity contribution is 6.35. The molecule has 1 heterocycles. The number of nitrogens with zero attached hydrogens (tertiary/aromatic N) is 1. The zero-order valence-corrected chi connectivity index (χ0v) is 26.1. The van der Waals surface area contributed by atoms with Crippen molar-refractivity contribution in [3.63, 3.8) is 0 Å². The lowest BCUT2D eigenvalue weighted by Gasteiger charge is -2.41. The van der Waals surface area contributed by atoms with Gasteiger partial charge in [-0.25, -0.2) is 0 Å². The highest BCUT2D eigenvalue weighted by atomic mass is 35.5. The number of fused-ring (bicyclic) bond motifs is 5. The number of nitrogens with one attached hydrogen (secondary N) is 1. The Bertz CT molecular complexity index is 1470. The molecule has 2 aromatic rings. The normalized spacial score (nSPS) is 28.1. The second-order valence-electron chi connectivity index (χ2n) is 12.4. The number of carbonyl (C=O) groups is 2. The number of hydrogen-bond donors (Lipinski definition) is 4. The molecule has 9 nitrogen and oxygen atoms in total. The fourth-order valence-electron chi connectivity index (χ4n) is 7.78. The maximum atomic E-state index is 14.2. The molecule has 2 saturated carbocycles. The zero-order valence-electron chi connectivity index (χ0n) is 24.5. The van der Waals surface area contributed by atoms with E-state index in [2.05, 4.69) is 5.32 Å². The lowest BCUT2D eigenvalue weighted by molar-refractivity contribution is -0.139. The highest BCUT2D eigenvalue weighted by Gasteiger charge is 2.52. The number of carbonyl (C=O) groups excluding carboxylic acids is 2. The molecule has 44 heavy (non-hydrogen) atoms. The topological polar surface area (TPSA) is 129 Å². The number of methoxy groups -OCH3 is 1. The first kappa shape index (κ1) is 31.2. The van der Waals surface area contributed by atoms with Gasteiger partial charge in [-0.3, -0.25) is 9.59 Å². The van der Waals surface area contributed by atoms with E-state index < -0.39 is 30.1 Å². The minimum Gasteiger partial charge on any atom is -0.493 e. The van der Waals surface area contributed by atoms with Gasteiger partial charge in [0, 0.05) is 40.7 Å². The average Bonchev–Trinajstić information content (AvgIpc) is 3.74. The molecular weight excluding hydrogens is 607 g/mol. The van der Waals surface area contributed by atoms with E-state index in [1.165, 1.54) is 13.5 Å². The van der Waals surface area contributed by atoms with Crippen molar-refractivity contribution in [1.29, 1.82) is 0 Å². The van der Waals surface area contributed by atoms with Crippen LogP contribution in [0.25, 0.3) is 0 Å². The molecule has 236 valence electrons. The number of aliphatic hydroxyl groups is 3. The summed E-state index contributed by atoms with van der Waals surface area (Å²) < 4.78 is 11.9. The van der Waals surface area contributed by atoms with Crippen molar-refractivity contribution in [2.45, 2.75) is 69.4 Å². The van der Waals surface area contributed by atoms with E-state index in [9.17, 15) is 24.9 Å². The van der Waals surface area contributed by atoms with E-state index in [0.717, 1.165) is 19.3 Å². The number of rotatable bonds is 10. The predicted octanol–water partition coefficient (Wildman–Crippen LogP) is 3.97. The number of benzene rings is 2. The lowest BCUT2D eigenvalue weighted by atomic mass is 9.77. The molecule has 4 N–H and O–H groups in total. The number of amides is 2. The maximum Gasteiger partial charge on any atom is 0.247 e. The quantitative estimate of drug-likeness (QED) is 0.308. The highest BCUT2D eigenvalue weighted by Crippen LogP contribution is 2.52. The molecule has 0 radical (unpaired) electrons.